The van der Waals surface area contributed by atoms with Gasteiger partial charge >= 0.3 is 0 Å². The zero-order valence-electron chi connectivity index (χ0n) is 13.1. The molecule has 0 saturated carbocycles. The molecule has 22 heavy (non-hydrogen) atoms. The summed E-state index contributed by atoms with van der Waals surface area (Å²) in [6, 6.07) is 8.37. The average molecular weight is 297 g/mol. The van der Waals surface area contributed by atoms with Crippen LogP contribution < -0.4 is 5.32 Å². The summed E-state index contributed by atoms with van der Waals surface area (Å²) in [4.78, 5) is 8.82. The number of benzene rings is 1. The number of hydrogen-bond donors (Lipinski definition) is 1. The molecule has 0 aliphatic carbocycles. The molecule has 0 radical (unpaired) electrons. The number of para-hydroxylation sites is 2. The van der Waals surface area contributed by atoms with E-state index in [4.69, 9.17) is 4.98 Å². The number of rotatable bonds is 8. The van der Waals surface area contributed by atoms with Crippen molar-refractivity contribution >= 4 is 11.0 Å². The van der Waals surface area contributed by atoms with Crippen molar-refractivity contribution in [3.63, 3.8) is 0 Å². The van der Waals surface area contributed by atoms with Gasteiger partial charge < -0.3 is 14.5 Å². The number of nitrogens with one attached hydrogen (secondary N) is 1. The fraction of sp³-hybridized carbons (Fsp3) is 0.412. The van der Waals surface area contributed by atoms with Crippen LogP contribution in [0, 0.1) is 0 Å². The van der Waals surface area contributed by atoms with Crippen molar-refractivity contribution in [3.8, 4) is 0 Å². The lowest BCUT2D eigenvalue weighted by molar-refractivity contribution is 0.554. The molecule has 0 atom stereocenters. The molecular formula is C17H23N5. The van der Waals surface area contributed by atoms with Gasteiger partial charge in [-0.1, -0.05) is 19.1 Å². The Morgan fingerprint density at radius 3 is 2.91 bits per heavy atom. The molecule has 3 rings (SSSR count). The summed E-state index contributed by atoms with van der Waals surface area (Å²) in [7, 11) is 0. The van der Waals surface area contributed by atoms with Crippen LogP contribution in [0.25, 0.3) is 11.0 Å². The van der Waals surface area contributed by atoms with Crippen LogP contribution in [-0.2, 0) is 19.6 Å². The summed E-state index contributed by atoms with van der Waals surface area (Å²) in [6.07, 6.45) is 7.89. The third kappa shape index (κ3) is 3.36. The monoisotopic (exact) mass is 297 g/mol. The lowest BCUT2D eigenvalue weighted by atomic mass is 10.3. The third-order valence-corrected chi connectivity index (χ3v) is 3.79. The highest BCUT2D eigenvalue weighted by Gasteiger charge is 2.08. The molecule has 0 amide bonds. The van der Waals surface area contributed by atoms with Gasteiger partial charge in [-0.2, -0.15) is 0 Å². The second-order valence-corrected chi connectivity index (χ2v) is 5.50. The Bertz CT molecular complexity index is 699. The number of imidazole rings is 2. The Kier molecular flexibility index (Phi) is 4.85. The van der Waals surface area contributed by atoms with Crippen LogP contribution in [0.1, 0.15) is 25.6 Å². The lowest BCUT2D eigenvalue weighted by Crippen LogP contribution is -2.19. The second-order valence-electron chi connectivity index (χ2n) is 5.50. The first-order chi connectivity index (χ1) is 10.9. The van der Waals surface area contributed by atoms with Crippen LogP contribution in [0.4, 0.5) is 0 Å². The van der Waals surface area contributed by atoms with E-state index in [1.807, 2.05) is 24.8 Å². The maximum absolute atomic E-state index is 4.76. The molecule has 0 aliphatic heterocycles. The standard InChI is InChI=1S/C17H23N5/c1-2-10-22-16-7-4-3-6-15(16)20-17(22)13-18-8-5-11-21-12-9-19-14-21/h3-4,6-7,9,12,14,18H,2,5,8,10-11,13H2,1H3. The van der Waals surface area contributed by atoms with E-state index in [0.29, 0.717) is 0 Å². The van der Waals surface area contributed by atoms with Gasteiger partial charge in [0.05, 0.1) is 23.9 Å². The van der Waals surface area contributed by atoms with Gasteiger partial charge in [0.2, 0.25) is 0 Å². The smallest absolute Gasteiger partial charge is 0.123 e. The molecule has 1 aromatic carbocycles. The highest BCUT2D eigenvalue weighted by molar-refractivity contribution is 5.75. The van der Waals surface area contributed by atoms with Crippen LogP contribution >= 0.6 is 0 Å². The predicted octanol–water partition coefficient (Wildman–Crippen LogP) is 2.82. The van der Waals surface area contributed by atoms with Crippen LogP contribution in [-0.4, -0.2) is 25.6 Å². The van der Waals surface area contributed by atoms with E-state index in [0.717, 1.165) is 50.4 Å². The summed E-state index contributed by atoms with van der Waals surface area (Å²) in [5.74, 6) is 1.13. The predicted molar refractivity (Wildman–Crippen MR) is 88.6 cm³/mol. The van der Waals surface area contributed by atoms with E-state index in [9.17, 15) is 0 Å². The van der Waals surface area contributed by atoms with Crippen molar-refractivity contribution in [1.29, 1.82) is 0 Å². The van der Waals surface area contributed by atoms with E-state index in [1.165, 1.54) is 5.52 Å². The van der Waals surface area contributed by atoms with Crippen LogP contribution in [0.3, 0.4) is 0 Å². The van der Waals surface area contributed by atoms with Crippen LogP contribution in [0.2, 0.25) is 0 Å². The number of nitrogens with zero attached hydrogens (tertiary/aromatic N) is 4. The maximum atomic E-state index is 4.76. The number of aryl methyl sites for hydroxylation is 2. The summed E-state index contributed by atoms with van der Waals surface area (Å²) in [5, 5.41) is 3.51. The summed E-state index contributed by atoms with van der Waals surface area (Å²) >= 11 is 0. The van der Waals surface area contributed by atoms with Crippen LogP contribution in [0.15, 0.2) is 43.0 Å². The Hall–Kier alpha value is -2.14. The average Bonchev–Trinajstić information content (AvgIpc) is 3.16. The highest BCUT2D eigenvalue weighted by atomic mass is 15.1. The van der Waals surface area contributed by atoms with E-state index in [1.54, 1.807) is 0 Å². The molecule has 0 spiro atoms. The van der Waals surface area contributed by atoms with Crippen molar-refractivity contribution in [3.05, 3.63) is 48.8 Å². The molecule has 5 heteroatoms. The third-order valence-electron chi connectivity index (χ3n) is 3.79. The maximum Gasteiger partial charge on any atom is 0.123 e. The SMILES string of the molecule is CCCn1c(CNCCCn2ccnc2)nc2ccccc21. The van der Waals surface area contributed by atoms with E-state index < -0.39 is 0 Å². The van der Waals surface area contributed by atoms with Gasteiger partial charge in [0.1, 0.15) is 5.82 Å². The number of hydrogen-bond acceptors (Lipinski definition) is 3. The van der Waals surface area contributed by atoms with E-state index >= 15 is 0 Å². The van der Waals surface area contributed by atoms with Gasteiger partial charge in [-0.15, -0.1) is 0 Å². The molecule has 0 aliphatic rings. The molecule has 116 valence electrons. The Balaban J connectivity index is 1.57. The topological polar surface area (TPSA) is 47.7 Å². The number of aromatic nitrogens is 4. The fourth-order valence-electron chi connectivity index (χ4n) is 2.74. The van der Waals surface area contributed by atoms with Gasteiger partial charge in [-0.25, -0.2) is 9.97 Å². The van der Waals surface area contributed by atoms with Crippen molar-refractivity contribution < 1.29 is 0 Å². The fourth-order valence-corrected chi connectivity index (χ4v) is 2.74. The molecule has 0 unspecified atom stereocenters. The molecule has 3 aromatic rings. The Morgan fingerprint density at radius 1 is 1.18 bits per heavy atom. The highest BCUT2D eigenvalue weighted by Crippen LogP contribution is 2.16. The summed E-state index contributed by atoms with van der Waals surface area (Å²) in [5.41, 5.74) is 2.32. The minimum absolute atomic E-state index is 0.818. The first-order valence-electron chi connectivity index (χ1n) is 7.99. The summed E-state index contributed by atoms with van der Waals surface area (Å²) < 4.78 is 4.44. The number of fused-ring (bicyclic) bond motifs is 1. The molecule has 5 nitrogen and oxygen atoms in total. The van der Waals surface area contributed by atoms with Crippen molar-refractivity contribution in [2.45, 2.75) is 39.4 Å². The van der Waals surface area contributed by atoms with Crippen molar-refractivity contribution in [2.24, 2.45) is 0 Å². The van der Waals surface area contributed by atoms with Crippen LogP contribution in [0.5, 0.6) is 0 Å². The van der Waals surface area contributed by atoms with Gasteiger partial charge in [-0.3, -0.25) is 0 Å². The first-order valence-corrected chi connectivity index (χ1v) is 7.99. The lowest BCUT2D eigenvalue weighted by Gasteiger charge is -2.09. The normalized spacial score (nSPS) is 11.3. The molecule has 0 saturated heterocycles. The molecular weight excluding hydrogens is 274 g/mol. The van der Waals surface area contributed by atoms with E-state index in [2.05, 4.69) is 44.6 Å². The molecule has 0 fully saturated rings. The zero-order chi connectivity index (χ0) is 15.2. The van der Waals surface area contributed by atoms with Gasteiger partial charge in [0.25, 0.3) is 0 Å². The largest absolute Gasteiger partial charge is 0.337 e. The first kappa shape index (κ1) is 14.8. The minimum Gasteiger partial charge on any atom is -0.337 e. The van der Waals surface area contributed by atoms with Gasteiger partial charge in [0.15, 0.2) is 0 Å². The molecule has 2 aromatic heterocycles. The van der Waals surface area contributed by atoms with E-state index in [-0.39, 0.29) is 0 Å². The Labute approximate surface area is 131 Å². The molecule has 0 bridgehead atoms. The van der Waals surface area contributed by atoms with Gasteiger partial charge in [-0.05, 0) is 31.5 Å². The van der Waals surface area contributed by atoms with Crippen molar-refractivity contribution in [2.75, 3.05) is 6.54 Å². The van der Waals surface area contributed by atoms with Gasteiger partial charge in [0, 0.05) is 25.5 Å². The second kappa shape index (κ2) is 7.22. The zero-order valence-corrected chi connectivity index (χ0v) is 13.1. The summed E-state index contributed by atoms with van der Waals surface area (Å²) in [6.45, 7) is 6.02. The van der Waals surface area contributed by atoms with Crippen molar-refractivity contribution in [1.82, 2.24) is 24.4 Å². The quantitative estimate of drug-likeness (QED) is 0.650. The molecule has 1 N–H and O–H groups in total. The molecule has 2 heterocycles. The Morgan fingerprint density at radius 2 is 2.09 bits per heavy atom. The minimum atomic E-state index is 0.818.